The summed E-state index contributed by atoms with van der Waals surface area (Å²) < 4.78 is 21.6. The van der Waals surface area contributed by atoms with Crippen molar-refractivity contribution in [3.8, 4) is 0 Å². The molecule has 1 amide bonds. The normalized spacial score (nSPS) is 28.2. The SMILES string of the molecule is CO[C@H]1[C@H](N(C)C(=O)C(C)(C)OC)COC[C@H]1OC. The van der Waals surface area contributed by atoms with E-state index < -0.39 is 5.60 Å². The van der Waals surface area contributed by atoms with Crippen LogP contribution in [0.5, 0.6) is 0 Å². The van der Waals surface area contributed by atoms with Crippen molar-refractivity contribution in [1.82, 2.24) is 4.90 Å². The molecule has 112 valence electrons. The summed E-state index contributed by atoms with van der Waals surface area (Å²) in [5, 5.41) is 0. The average molecular weight is 275 g/mol. The van der Waals surface area contributed by atoms with Gasteiger partial charge in [0.1, 0.15) is 17.8 Å². The fraction of sp³-hybridized carbons (Fsp3) is 0.923. The van der Waals surface area contributed by atoms with Gasteiger partial charge in [-0.3, -0.25) is 4.79 Å². The predicted molar refractivity (Wildman–Crippen MR) is 70.1 cm³/mol. The van der Waals surface area contributed by atoms with Crippen LogP contribution in [0.3, 0.4) is 0 Å². The van der Waals surface area contributed by atoms with Crippen LogP contribution >= 0.6 is 0 Å². The molecule has 0 aromatic heterocycles. The minimum Gasteiger partial charge on any atom is -0.376 e. The van der Waals surface area contributed by atoms with E-state index in [2.05, 4.69) is 0 Å². The van der Waals surface area contributed by atoms with Crippen molar-refractivity contribution in [1.29, 1.82) is 0 Å². The predicted octanol–water partition coefficient (Wildman–Crippen LogP) is 0.299. The summed E-state index contributed by atoms with van der Waals surface area (Å²) in [6.07, 6.45) is -0.384. The van der Waals surface area contributed by atoms with Gasteiger partial charge in [-0.05, 0) is 13.8 Å². The maximum Gasteiger partial charge on any atom is 0.254 e. The number of carbonyl (C=O) groups excluding carboxylic acids is 1. The number of hydrogen-bond donors (Lipinski definition) is 0. The molecule has 1 fully saturated rings. The molecule has 3 atom stereocenters. The Hall–Kier alpha value is -0.690. The van der Waals surface area contributed by atoms with Crippen molar-refractivity contribution in [2.75, 3.05) is 41.6 Å². The molecule has 0 bridgehead atoms. The maximum atomic E-state index is 12.4. The second kappa shape index (κ2) is 6.65. The first kappa shape index (κ1) is 16.4. The Balaban J connectivity index is 2.84. The fourth-order valence-electron chi connectivity index (χ4n) is 2.25. The first-order valence-electron chi connectivity index (χ1n) is 6.34. The molecule has 0 spiro atoms. The molecule has 1 rings (SSSR count). The third kappa shape index (κ3) is 3.45. The molecular formula is C13H25NO5. The highest BCUT2D eigenvalue weighted by molar-refractivity contribution is 5.84. The Morgan fingerprint density at radius 2 is 1.84 bits per heavy atom. The number of likely N-dealkylation sites (N-methyl/N-ethyl adjacent to an activating group) is 1. The van der Waals surface area contributed by atoms with Gasteiger partial charge in [0, 0.05) is 28.4 Å². The van der Waals surface area contributed by atoms with Gasteiger partial charge >= 0.3 is 0 Å². The molecule has 19 heavy (non-hydrogen) atoms. The van der Waals surface area contributed by atoms with Crippen LogP contribution in [0.15, 0.2) is 0 Å². The number of methoxy groups -OCH3 is 3. The Morgan fingerprint density at radius 3 is 2.32 bits per heavy atom. The van der Waals surface area contributed by atoms with Gasteiger partial charge in [0.2, 0.25) is 0 Å². The Bertz CT molecular complexity index is 307. The highest BCUT2D eigenvalue weighted by atomic mass is 16.6. The second-order valence-electron chi connectivity index (χ2n) is 5.21. The zero-order valence-corrected chi connectivity index (χ0v) is 12.6. The van der Waals surface area contributed by atoms with Crippen LogP contribution in [0.1, 0.15) is 13.8 Å². The lowest BCUT2D eigenvalue weighted by molar-refractivity contribution is -0.175. The number of rotatable bonds is 5. The molecular weight excluding hydrogens is 250 g/mol. The van der Waals surface area contributed by atoms with Crippen molar-refractivity contribution in [2.45, 2.75) is 37.7 Å². The second-order valence-corrected chi connectivity index (χ2v) is 5.21. The molecule has 1 saturated heterocycles. The molecule has 1 heterocycles. The maximum absolute atomic E-state index is 12.4. The number of ether oxygens (including phenoxy) is 4. The van der Waals surface area contributed by atoms with Crippen LogP contribution in [0.4, 0.5) is 0 Å². The summed E-state index contributed by atoms with van der Waals surface area (Å²) >= 11 is 0. The fourth-order valence-corrected chi connectivity index (χ4v) is 2.25. The lowest BCUT2D eigenvalue weighted by Crippen LogP contribution is -2.60. The first-order chi connectivity index (χ1) is 8.88. The summed E-state index contributed by atoms with van der Waals surface area (Å²) in [6, 6.07) is -0.189. The van der Waals surface area contributed by atoms with Crippen LogP contribution in [-0.2, 0) is 23.7 Å². The van der Waals surface area contributed by atoms with Crippen LogP contribution in [0.25, 0.3) is 0 Å². The van der Waals surface area contributed by atoms with Gasteiger partial charge in [-0.15, -0.1) is 0 Å². The van der Waals surface area contributed by atoms with Crippen molar-refractivity contribution >= 4 is 5.91 Å². The van der Waals surface area contributed by atoms with Crippen molar-refractivity contribution in [3.63, 3.8) is 0 Å². The molecule has 1 aliphatic heterocycles. The third-order valence-electron chi connectivity index (χ3n) is 3.73. The van der Waals surface area contributed by atoms with Crippen LogP contribution in [-0.4, -0.2) is 76.2 Å². The standard InChI is InChI=1S/C13H25NO5/c1-13(2,18-6)12(15)14(3)9-7-19-8-10(16-4)11(9)17-5/h9-11H,7-8H2,1-6H3/t9-,10-,11+/m1/s1. The monoisotopic (exact) mass is 275 g/mol. The average Bonchev–Trinajstić information content (AvgIpc) is 2.44. The number of hydrogen-bond acceptors (Lipinski definition) is 5. The van der Waals surface area contributed by atoms with Gasteiger partial charge in [-0.1, -0.05) is 0 Å². The van der Waals surface area contributed by atoms with E-state index in [0.29, 0.717) is 13.2 Å². The van der Waals surface area contributed by atoms with Crippen molar-refractivity contribution in [2.24, 2.45) is 0 Å². The highest BCUT2D eigenvalue weighted by Crippen LogP contribution is 2.22. The molecule has 0 aromatic rings. The topological polar surface area (TPSA) is 57.2 Å². The van der Waals surface area contributed by atoms with Crippen LogP contribution < -0.4 is 0 Å². The molecule has 0 radical (unpaired) electrons. The molecule has 6 nitrogen and oxygen atoms in total. The van der Waals surface area contributed by atoms with Gasteiger partial charge in [0.15, 0.2) is 0 Å². The molecule has 0 unspecified atom stereocenters. The summed E-state index contributed by atoms with van der Waals surface area (Å²) in [4.78, 5) is 14.0. The van der Waals surface area contributed by atoms with Gasteiger partial charge in [0.05, 0.1) is 19.3 Å². The molecule has 1 aliphatic rings. The van der Waals surface area contributed by atoms with Gasteiger partial charge in [0.25, 0.3) is 5.91 Å². The third-order valence-corrected chi connectivity index (χ3v) is 3.73. The summed E-state index contributed by atoms with van der Waals surface area (Å²) in [6.45, 7) is 4.39. The van der Waals surface area contributed by atoms with Crippen LogP contribution in [0, 0.1) is 0 Å². The largest absolute Gasteiger partial charge is 0.376 e. The van der Waals surface area contributed by atoms with E-state index in [1.165, 1.54) is 7.11 Å². The van der Waals surface area contributed by atoms with E-state index in [1.54, 1.807) is 40.0 Å². The molecule has 0 N–H and O–H groups in total. The van der Waals surface area contributed by atoms with Gasteiger partial charge < -0.3 is 23.8 Å². The zero-order chi connectivity index (χ0) is 14.6. The van der Waals surface area contributed by atoms with Crippen molar-refractivity contribution in [3.05, 3.63) is 0 Å². The smallest absolute Gasteiger partial charge is 0.254 e. The van der Waals surface area contributed by atoms with E-state index in [1.807, 2.05) is 0 Å². The first-order valence-corrected chi connectivity index (χ1v) is 6.34. The summed E-state index contributed by atoms with van der Waals surface area (Å²) in [5.41, 5.74) is -0.868. The van der Waals surface area contributed by atoms with E-state index in [4.69, 9.17) is 18.9 Å². The molecule has 0 saturated carbocycles. The van der Waals surface area contributed by atoms with E-state index in [9.17, 15) is 4.79 Å². The van der Waals surface area contributed by atoms with E-state index in [-0.39, 0.29) is 24.2 Å². The minimum absolute atomic E-state index is 0.109. The van der Waals surface area contributed by atoms with Gasteiger partial charge in [-0.25, -0.2) is 0 Å². The number of amides is 1. The lowest BCUT2D eigenvalue weighted by atomic mass is 9.99. The highest BCUT2D eigenvalue weighted by Gasteiger charge is 2.41. The summed E-state index contributed by atoms with van der Waals surface area (Å²) in [5.74, 6) is -0.109. The number of nitrogens with zero attached hydrogens (tertiary/aromatic N) is 1. The summed E-state index contributed by atoms with van der Waals surface area (Å²) in [7, 11) is 6.49. The van der Waals surface area contributed by atoms with Gasteiger partial charge in [-0.2, -0.15) is 0 Å². The zero-order valence-electron chi connectivity index (χ0n) is 12.6. The lowest BCUT2D eigenvalue weighted by Gasteiger charge is -2.42. The Kier molecular flexibility index (Phi) is 5.73. The molecule has 0 aliphatic carbocycles. The van der Waals surface area contributed by atoms with Crippen molar-refractivity contribution < 1.29 is 23.7 Å². The van der Waals surface area contributed by atoms with Crippen LogP contribution in [0.2, 0.25) is 0 Å². The Morgan fingerprint density at radius 1 is 1.21 bits per heavy atom. The van der Waals surface area contributed by atoms with E-state index >= 15 is 0 Å². The minimum atomic E-state index is -0.868. The molecule has 6 heteroatoms. The number of carbonyl (C=O) groups is 1. The Labute approximate surface area is 114 Å². The quantitative estimate of drug-likeness (QED) is 0.722. The van der Waals surface area contributed by atoms with E-state index in [0.717, 1.165) is 0 Å². The molecule has 0 aromatic carbocycles.